The highest BCUT2D eigenvalue weighted by Gasteiger charge is 2.05. The van der Waals surface area contributed by atoms with Gasteiger partial charge in [0.25, 0.3) is 0 Å². The van der Waals surface area contributed by atoms with Crippen LogP contribution in [0.15, 0.2) is 70.3 Å². The number of benzene rings is 2. The second kappa shape index (κ2) is 8.67. The van der Waals surface area contributed by atoms with Gasteiger partial charge in [0.1, 0.15) is 10.3 Å². The lowest BCUT2D eigenvalue weighted by Gasteiger charge is -2.12. The third-order valence-electron chi connectivity index (χ3n) is 2.88. The van der Waals surface area contributed by atoms with Crippen molar-refractivity contribution in [3.63, 3.8) is 0 Å². The second-order valence-electron chi connectivity index (χ2n) is 4.71. The van der Waals surface area contributed by atoms with Gasteiger partial charge in [-0.05, 0) is 31.3 Å². The number of rotatable bonds is 3. The van der Waals surface area contributed by atoms with Crippen molar-refractivity contribution in [2.24, 2.45) is 4.99 Å². The van der Waals surface area contributed by atoms with Crippen molar-refractivity contribution in [3.05, 3.63) is 76.4 Å². The third-order valence-corrected chi connectivity index (χ3v) is 3.28. The number of aliphatic imine (C=N–C) groups is 1. The van der Waals surface area contributed by atoms with Crippen LogP contribution in [0.1, 0.15) is 11.1 Å². The van der Waals surface area contributed by atoms with Crippen LogP contribution in [0.5, 0.6) is 0 Å². The van der Waals surface area contributed by atoms with Crippen LogP contribution in [0.3, 0.4) is 0 Å². The maximum Gasteiger partial charge on any atom is 0.176 e. The summed E-state index contributed by atoms with van der Waals surface area (Å²) in [6, 6.07) is 17.5. The molecule has 0 aliphatic carbocycles. The molecule has 0 aliphatic heterocycles. The number of amidine groups is 1. The summed E-state index contributed by atoms with van der Waals surface area (Å²) in [5, 5.41) is 6.60. The third kappa shape index (κ3) is 6.02. The average Bonchev–Trinajstić information content (AvgIpc) is 2.54. The molecular weight excluding hydrogens is 349 g/mol. The van der Waals surface area contributed by atoms with Crippen molar-refractivity contribution in [1.29, 1.82) is 0 Å². The fourth-order valence-electron chi connectivity index (χ4n) is 1.80. The number of hydrogen-bond donors (Lipinski definition) is 2. The summed E-state index contributed by atoms with van der Waals surface area (Å²) >= 11 is 16.6. The molecule has 0 bridgehead atoms. The average molecular weight is 364 g/mol. The Morgan fingerprint density at radius 1 is 1.04 bits per heavy atom. The van der Waals surface area contributed by atoms with Crippen LogP contribution in [0.2, 0.25) is 0 Å². The first-order valence-electron chi connectivity index (χ1n) is 6.83. The zero-order valence-electron chi connectivity index (χ0n) is 12.4. The van der Waals surface area contributed by atoms with Crippen molar-refractivity contribution in [2.75, 3.05) is 5.32 Å². The molecule has 2 rings (SSSR count). The minimum Gasteiger partial charge on any atom is -0.332 e. The number of hydrogen-bond acceptors (Lipinski definition) is 2. The van der Waals surface area contributed by atoms with Crippen LogP contribution in [0.25, 0.3) is 0 Å². The van der Waals surface area contributed by atoms with E-state index in [1.807, 2.05) is 61.5 Å². The zero-order chi connectivity index (χ0) is 16.7. The lowest BCUT2D eigenvalue weighted by molar-refractivity contribution is 1.32. The van der Waals surface area contributed by atoms with E-state index in [0.29, 0.717) is 10.9 Å². The van der Waals surface area contributed by atoms with Crippen LogP contribution >= 0.6 is 35.4 Å². The Balaban J connectivity index is 2.14. The van der Waals surface area contributed by atoms with E-state index in [1.54, 1.807) is 0 Å². The predicted octanol–water partition coefficient (Wildman–Crippen LogP) is 5.00. The van der Waals surface area contributed by atoms with Gasteiger partial charge in [-0.1, -0.05) is 71.2 Å². The molecule has 0 aromatic heterocycles. The van der Waals surface area contributed by atoms with E-state index < -0.39 is 0 Å². The Bertz CT molecular complexity index is 721. The van der Waals surface area contributed by atoms with E-state index in [4.69, 9.17) is 35.4 Å². The Morgan fingerprint density at radius 2 is 1.70 bits per heavy atom. The van der Waals surface area contributed by atoms with Gasteiger partial charge in [-0.25, -0.2) is 4.99 Å². The Labute approximate surface area is 151 Å². The molecule has 0 spiro atoms. The van der Waals surface area contributed by atoms with Crippen LogP contribution in [0.4, 0.5) is 5.69 Å². The van der Waals surface area contributed by atoms with E-state index >= 15 is 0 Å². The van der Waals surface area contributed by atoms with Crippen molar-refractivity contribution < 1.29 is 0 Å². The van der Waals surface area contributed by atoms with Gasteiger partial charge in [-0.3, -0.25) is 0 Å². The Morgan fingerprint density at radius 3 is 2.30 bits per heavy atom. The fourth-order valence-corrected chi connectivity index (χ4v) is 2.11. The molecule has 0 amide bonds. The van der Waals surface area contributed by atoms with Crippen LogP contribution in [-0.4, -0.2) is 10.9 Å². The van der Waals surface area contributed by atoms with Gasteiger partial charge < -0.3 is 10.6 Å². The monoisotopic (exact) mass is 363 g/mol. The van der Waals surface area contributed by atoms with E-state index in [1.165, 1.54) is 11.8 Å². The molecule has 3 nitrogen and oxygen atoms in total. The summed E-state index contributed by atoms with van der Waals surface area (Å²) in [5.41, 5.74) is 2.95. The van der Waals surface area contributed by atoms with Gasteiger partial charge in [0.2, 0.25) is 0 Å². The molecule has 0 fully saturated rings. The normalized spacial score (nSPS) is 10.8. The largest absolute Gasteiger partial charge is 0.332 e. The first-order chi connectivity index (χ1) is 11.0. The van der Waals surface area contributed by atoms with Gasteiger partial charge in [-0.2, -0.15) is 0 Å². The van der Waals surface area contributed by atoms with Crippen LogP contribution in [0, 0.1) is 6.92 Å². The minimum atomic E-state index is 0.0673. The van der Waals surface area contributed by atoms with Crippen molar-refractivity contribution in [3.8, 4) is 0 Å². The van der Waals surface area contributed by atoms with Gasteiger partial charge in [0.05, 0.1) is 6.20 Å². The van der Waals surface area contributed by atoms with Crippen molar-refractivity contribution >= 4 is 52.1 Å². The molecule has 2 aromatic rings. The molecule has 6 heteroatoms. The van der Waals surface area contributed by atoms with Gasteiger partial charge >= 0.3 is 0 Å². The molecular formula is C17H15Cl2N3S. The topological polar surface area (TPSA) is 36.4 Å². The quantitative estimate of drug-likeness (QED) is 0.457. The van der Waals surface area contributed by atoms with E-state index in [-0.39, 0.29) is 4.49 Å². The maximum atomic E-state index is 5.63. The molecule has 0 atom stereocenters. The molecule has 0 radical (unpaired) electrons. The molecule has 0 saturated heterocycles. The first-order valence-corrected chi connectivity index (χ1v) is 8.00. The lowest BCUT2D eigenvalue weighted by atomic mass is 10.2. The number of thiocarbonyl (C=S) groups is 1. The number of nitrogens with one attached hydrogen (secondary N) is 2. The van der Waals surface area contributed by atoms with Crippen molar-refractivity contribution in [2.45, 2.75) is 6.92 Å². The summed E-state index contributed by atoms with van der Waals surface area (Å²) in [5.74, 6) is 0.550. The molecule has 0 unspecified atom stereocenters. The van der Waals surface area contributed by atoms with E-state index in [9.17, 15) is 0 Å². The van der Waals surface area contributed by atoms with Crippen LogP contribution in [-0.2, 0) is 0 Å². The van der Waals surface area contributed by atoms with E-state index in [2.05, 4.69) is 15.6 Å². The predicted molar refractivity (Wildman–Crippen MR) is 103 cm³/mol. The first kappa shape index (κ1) is 17.5. The molecule has 0 aliphatic rings. The van der Waals surface area contributed by atoms with Crippen LogP contribution < -0.4 is 10.6 Å². The molecule has 0 heterocycles. The highest BCUT2D eigenvalue weighted by Crippen LogP contribution is 2.10. The maximum absolute atomic E-state index is 5.63. The summed E-state index contributed by atoms with van der Waals surface area (Å²) in [6.45, 7) is 2.03. The Hall–Kier alpha value is -1.88. The molecule has 118 valence electrons. The minimum absolute atomic E-state index is 0.0673. The van der Waals surface area contributed by atoms with Gasteiger partial charge in [0, 0.05) is 11.3 Å². The Kier molecular flexibility index (Phi) is 6.59. The highest BCUT2D eigenvalue weighted by molar-refractivity contribution is 7.80. The van der Waals surface area contributed by atoms with Gasteiger partial charge in [0.15, 0.2) is 5.11 Å². The molecule has 23 heavy (non-hydrogen) atoms. The summed E-state index contributed by atoms with van der Waals surface area (Å²) < 4.78 is 0.0673. The number of anilines is 1. The van der Waals surface area contributed by atoms with Gasteiger partial charge in [-0.15, -0.1) is 0 Å². The molecule has 2 N–H and O–H groups in total. The second-order valence-corrected chi connectivity index (χ2v) is 6.12. The SMILES string of the molecule is Cc1ccc(NC(=S)NC(=NC=C(Cl)Cl)c2ccccc2)cc1. The smallest absolute Gasteiger partial charge is 0.176 e. The summed E-state index contributed by atoms with van der Waals surface area (Å²) in [4.78, 5) is 4.24. The standard InChI is InChI=1S/C17H15Cl2N3S/c1-12-7-9-14(10-8-12)21-17(23)22-16(20-11-15(18)19)13-5-3-2-4-6-13/h2-11H,1H3,(H2,20,21,22,23). The molecule has 2 aromatic carbocycles. The van der Waals surface area contributed by atoms with Crippen molar-refractivity contribution in [1.82, 2.24) is 5.32 Å². The zero-order valence-corrected chi connectivity index (χ0v) is 14.7. The highest BCUT2D eigenvalue weighted by atomic mass is 35.5. The van der Waals surface area contributed by atoms with E-state index in [0.717, 1.165) is 11.3 Å². The summed E-state index contributed by atoms with van der Waals surface area (Å²) in [6.07, 6.45) is 1.35. The number of halogens is 2. The number of aryl methyl sites for hydroxylation is 1. The molecule has 0 saturated carbocycles. The number of nitrogens with zero attached hydrogens (tertiary/aromatic N) is 1. The summed E-state index contributed by atoms with van der Waals surface area (Å²) in [7, 11) is 0. The fraction of sp³-hybridized carbons (Fsp3) is 0.0588. The lowest BCUT2D eigenvalue weighted by Crippen LogP contribution is -2.34.